The molecule has 0 saturated carbocycles. The number of rotatable bonds is 9. The normalized spacial score (nSPS) is 10.3. The summed E-state index contributed by atoms with van der Waals surface area (Å²) in [6, 6.07) is 5.18. The first-order valence-corrected chi connectivity index (χ1v) is 7.75. The lowest BCUT2D eigenvalue weighted by molar-refractivity contribution is -0.116. The number of aliphatic hydroxyl groups excluding tert-OH is 1. The first-order chi connectivity index (χ1) is 9.67. The summed E-state index contributed by atoms with van der Waals surface area (Å²) in [4.78, 5) is 11.8. The minimum Gasteiger partial charge on any atom is -0.497 e. The predicted octanol–water partition coefficient (Wildman–Crippen LogP) is 2.11. The molecule has 1 amide bonds. The molecule has 0 aliphatic rings. The van der Waals surface area contributed by atoms with E-state index in [1.807, 2.05) is 0 Å². The number of methoxy groups -OCH3 is 1. The number of amides is 1. The molecule has 0 aliphatic carbocycles. The highest BCUT2D eigenvalue weighted by molar-refractivity contribution is 7.99. The third-order valence-electron chi connectivity index (χ3n) is 2.67. The Kier molecular flexibility index (Phi) is 7.91. The summed E-state index contributed by atoms with van der Waals surface area (Å²) in [5.74, 6) is 2.49. The van der Waals surface area contributed by atoms with Gasteiger partial charge in [-0.3, -0.25) is 4.79 Å². The molecule has 0 spiro atoms. The van der Waals surface area contributed by atoms with Crippen LogP contribution in [0.15, 0.2) is 18.2 Å². The number of anilines is 2. The van der Waals surface area contributed by atoms with Gasteiger partial charge >= 0.3 is 0 Å². The average molecular weight is 298 g/mol. The van der Waals surface area contributed by atoms with Crippen LogP contribution in [-0.4, -0.2) is 36.2 Å². The molecule has 1 aromatic carbocycles. The Morgan fingerprint density at radius 2 is 2.15 bits per heavy atom. The Morgan fingerprint density at radius 3 is 2.80 bits per heavy atom. The molecule has 0 aromatic heterocycles. The second-order valence-electron chi connectivity index (χ2n) is 4.29. The SMILES string of the molecule is COc1ccc(NC(=O)CCCSCCCO)c(N)c1. The predicted molar refractivity (Wildman–Crippen MR) is 84.3 cm³/mol. The Morgan fingerprint density at radius 1 is 1.40 bits per heavy atom. The van der Waals surface area contributed by atoms with Crippen LogP contribution in [0, 0.1) is 0 Å². The number of aliphatic hydroxyl groups is 1. The van der Waals surface area contributed by atoms with E-state index in [0.29, 0.717) is 23.5 Å². The van der Waals surface area contributed by atoms with Gasteiger partial charge in [0.15, 0.2) is 0 Å². The molecule has 0 bridgehead atoms. The molecule has 0 fully saturated rings. The summed E-state index contributed by atoms with van der Waals surface area (Å²) in [7, 11) is 1.57. The summed E-state index contributed by atoms with van der Waals surface area (Å²) in [5.41, 5.74) is 6.94. The van der Waals surface area contributed by atoms with Gasteiger partial charge in [-0.25, -0.2) is 0 Å². The van der Waals surface area contributed by atoms with Gasteiger partial charge in [0.25, 0.3) is 0 Å². The number of nitrogen functional groups attached to an aromatic ring is 1. The summed E-state index contributed by atoms with van der Waals surface area (Å²) in [5, 5.41) is 11.4. The molecule has 6 heteroatoms. The molecular formula is C14H22N2O3S. The van der Waals surface area contributed by atoms with Crippen LogP contribution >= 0.6 is 11.8 Å². The molecule has 0 aliphatic heterocycles. The van der Waals surface area contributed by atoms with Crippen molar-refractivity contribution in [1.29, 1.82) is 0 Å². The third-order valence-corrected chi connectivity index (χ3v) is 3.83. The molecule has 4 N–H and O–H groups in total. The van der Waals surface area contributed by atoms with Gasteiger partial charge in [-0.2, -0.15) is 11.8 Å². The molecule has 0 atom stereocenters. The first-order valence-electron chi connectivity index (χ1n) is 6.59. The lowest BCUT2D eigenvalue weighted by Crippen LogP contribution is -2.13. The molecule has 0 heterocycles. The van der Waals surface area contributed by atoms with Crippen LogP contribution in [0.5, 0.6) is 5.75 Å². The quantitative estimate of drug-likeness (QED) is 0.480. The van der Waals surface area contributed by atoms with Gasteiger partial charge in [0.1, 0.15) is 5.75 Å². The largest absolute Gasteiger partial charge is 0.497 e. The van der Waals surface area contributed by atoms with Crippen molar-refractivity contribution in [1.82, 2.24) is 0 Å². The average Bonchev–Trinajstić information content (AvgIpc) is 2.45. The molecule has 112 valence electrons. The van der Waals surface area contributed by atoms with Crippen molar-refractivity contribution in [3.63, 3.8) is 0 Å². The zero-order chi connectivity index (χ0) is 14.8. The number of benzene rings is 1. The number of carbonyl (C=O) groups is 1. The van der Waals surface area contributed by atoms with E-state index >= 15 is 0 Å². The minimum atomic E-state index is -0.0374. The number of hydrogen-bond donors (Lipinski definition) is 3. The van der Waals surface area contributed by atoms with Crippen molar-refractivity contribution in [2.45, 2.75) is 19.3 Å². The Hall–Kier alpha value is -1.40. The molecule has 20 heavy (non-hydrogen) atoms. The second kappa shape index (κ2) is 9.50. The molecule has 0 saturated heterocycles. The van der Waals surface area contributed by atoms with Crippen LogP contribution in [-0.2, 0) is 4.79 Å². The van der Waals surface area contributed by atoms with Gasteiger partial charge in [0.2, 0.25) is 5.91 Å². The maximum atomic E-state index is 11.8. The van der Waals surface area contributed by atoms with Crippen LogP contribution in [0.4, 0.5) is 11.4 Å². The van der Waals surface area contributed by atoms with Gasteiger partial charge < -0.3 is 20.9 Å². The first kappa shape index (κ1) is 16.7. The van der Waals surface area contributed by atoms with E-state index in [9.17, 15) is 4.79 Å². The van der Waals surface area contributed by atoms with Crippen molar-refractivity contribution < 1.29 is 14.6 Å². The molecular weight excluding hydrogens is 276 g/mol. The van der Waals surface area contributed by atoms with E-state index in [2.05, 4.69) is 5.32 Å². The molecule has 0 unspecified atom stereocenters. The number of carbonyl (C=O) groups excluding carboxylic acids is 1. The van der Waals surface area contributed by atoms with Gasteiger partial charge in [-0.15, -0.1) is 0 Å². The van der Waals surface area contributed by atoms with Crippen molar-refractivity contribution in [2.75, 3.05) is 36.3 Å². The van der Waals surface area contributed by atoms with E-state index in [0.717, 1.165) is 24.3 Å². The van der Waals surface area contributed by atoms with E-state index in [1.165, 1.54) is 0 Å². The topological polar surface area (TPSA) is 84.6 Å². The highest BCUT2D eigenvalue weighted by Crippen LogP contribution is 2.24. The van der Waals surface area contributed by atoms with Crippen molar-refractivity contribution in [3.8, 4) is 5.75 Å². The van der Waals surface area contributed by atoms with Gasteiger partial charge in [0.05, 0.1) is 18.5 Å². The van der Waals surface area contributed by atoms with Crippen molar-refractivity contribution >= 4 is 29.0 Å². The molecule has 5 nitrogen and oxygen atoms in total. The minimum absolute atomic E-state index is 0.0374. The van der Waals surface area contributed by atoms with E-state index < -0.39 is 0 Å². The van der Waals surface area contributed by atoms with Crippen LogP contribution < -0.4 is 15.8 Å². The number of nitrogens with two attached hydrogens (primary N) is 1. The Labute approximate surface area is 123 Å². The zero-order valence-corrected chi connectivity index (χ0v) is 12.5. The molecule has 0 radical (unpaired) electrons. The standard InChI is InChI=1S/C14H22N2O3S/c1-19-11-5-6-13(12(15)10-11)16-14(18)4-2-8-20-9-3-7-17/h5-6,10,17H,2-4,7-9,15H2,1H3,(H,16,18). The van der Waals surface area contributed by atoms with Crippen LogP contribution in [0.1, 0.15) is 19.3 Å². The Balaban J connectivity index is 2.28. The fourth-order valence-corrected chi connectivity index (χ4v) is 2.48. The van der Waals surface area contributed by atoms with Crippen LogP contribution in [0.3, 0.4) is 0 Å². The van der Waals surface area contributed by atoms with Gasteiger partial charge in [-0.1, -0.05) is 0 Å². The fourth-order valence-electron chi connectivity index (χ4n) is 1.60. The van der Waals surface area contributed by atoms with Crippen LogP contribution in [0.2, 0.25) is 0 Å². The van der Waals surface area contributed by atoms with Crippen molar-refractivity contribution in [2.24, 2.45) is 0 Å². The van der Waals surface area contributed by atoms with Crippen molar-refractivity contribution in [3.05, 3.63) is 18.2 Å². The monoisotopic (exact) mass is 298 g/mol. The number of thioether (sulfide) groups is 1. The maximum Gasteiger partial charge on any atom is 0.224 e. The second-order valence-corrected chi connectivity index (χ2v) is 5.52. The summed E-state index contributed by atoms with van der Waals surface area (Å²) < 4.78 is 5.05. The van der Waals surface area contributed by atoms with Gasteiger partial charge in [0, 0.05) is 19.1 Å². The fraction of sp³-hybridized carbons (Fsp3) is 0.500. The highest BCUT2D eigenvalue weighted by atomic mass is 32.2. The summed E-state index contributed by atoms with van der Waals surface area (Å²) in [6.45, 7) is 0.226. The number of nitrogens with one attached hydrogen (secondary N) is 1. The van der Waals surface area contributed by atoms with E-state index in [-0.39, 0.29) is 12.5 Å². The van der Waals surface area contributed by atoms with Gasteiger partial charge in [-0.05, 0) is 36.5 Å². The van der Waals surface area contributed by atoms with Crippen LogP contribution in [0.25, 0.3) is 0 Å². The lowest BCUT2D eigenvalue weighted by Gasteiger charge is -2.09. The summed E-state index contributed by atoms with van der Waals surface area (Å²) in [6.07, 6.45) is 2.09. The zero-order valence-electron chi connectivity index (χ0n) is 11.7. The molecule has 1 rings (SSSR count). The Bertz CT molecular complexity index is 427. The number of ether oxygens (including phenoxy) is 1. The lowest BCUT2D eigenvalue weighted by atomic mass is 10.2. The highest BCUT2D eigenvalue weighted by Gasteiger charge is 2.06. The third kappa shape index (κ3) is 6.16. The maximum absolute atomic E-state index is 11.8. The van der Waals surface area contributed by atoms with E-state index in [4.69, 9.17) is 15.6 Å². The summed E-state index contributed by atoms with van der Waals surface area (Å²) >= 11 is 1.75. The van der Waals surface area contributed by atoms with E-state index in [1.54, 1.807) is 37.1 Å². The smallest absolute Gasteiger partial charge is 0.224 e. The number of hydrogen-bond acceptors (Lipinski definition) is 5. The molecule has 1 aromatic rings.